The maximum atomic E-state index is 12.4. The number of rotatable bonds is 3. The largest absolute Gasteiger partial charge is 0.497 e. The van der Waals surface area contributed by atoms with Crippen LogP contribution in [0.2, 0.25) is 0 Å². The highest BCUT2D eigenvalue weighted by atomic mass is 16.5. The summed E-state index contributed by atoms with van der Waals surface area (Å²) in [6, 6.07) is -0.0936. The molecule has 0 saturated carbocycles. The Balaban J connectivity index is 2.16. The predicted octanol–water partition coefficient (Wildman–Crippen LogP) is 1.93. The lowest BCUT2D eigenvalue weighted by Crippen LogP contribution is -2.26. The number of allylic oxidation sites excluding steroid dienone is 3. The topological polar surface area (TPSA) is 57.1 Å². The number of Topliss-reactive ketones (excluding diaryl/α,β-unsaturated/α-hetero) is 1. The van der Waals surface area contributed by atoms with Gasteiger partial charge < -0.3 is 14.2 Å². The molecule has 3 rings (SSSR count). The molecule has 21 heavy (non-hydrogen) atoms. The third-order valence-corrected chi connectivity index (χ3v) is 4.03. The van der Waals surface area contributed by atoms with Crippen molar-refractivity contribution in [2.24, 2.45) is 10.9 Å². The SMILES string of the molecule is COC1=C[C@@H]2N=C3C(OC)=C(C)C(=O)C(OC)=C3[C@@H]2C=C1. The van der Waals surface area contributed by atoms with E-state index in [0.717, 1.165) is 11.3 Å². The fourth-order valence-electron chi connectivity index (χ4n) is 3.00. The number of methoxy groups -OCH3 is 3. The monoisotopic (exact) mass is 287 g/mol. The molecular weight excluding hydrogens is 270 g/mol. The summed E-state index contributed by atoms with van der Waals surface area (Å²) in [5.41, 5.74) is 2.03. The summed E-state index contributed by atoms with van der Waals surface area (Å²) in [5, 5.41) is 0. The van der Waals surface area contributed by atoms with E-state index in [9.17, 15) is 4.79 Å². The number of hydrogen-bond donors (Lipinski definition) is 0. The zero-order valence-electron chi connectivity index (χ0n) is 12.5. The normalized spacial score (nSPS) is 27.1. The van der Waals surface area contributed by atoms with E-state index in [1.165, 1.54) is 7.11 Å². The summed E-state index contributed by atoms with van der Waals surface area (Å²) in [7, 11) is 4.69. The highest BCUT2D eigenvalue weighted by Crippen LogP contribution is 2.41. The van der Waals surface area contributed by atoms with Crippen LogP contribution < -0.4 is 0 Å². The van der Waals surface area contributed by atoms with Gasteiger partial charge in [0.25, 0.3) is 0 Å². The van der Waals surface area contributed by atoms with Crippen LogP contribution in [0.3, 0.4) is 0 Å². The predicted molar refractivity (Wildman–Crippen MR) is 77.7 cm³/mol. The Morgan fingerprint density at radius 3 is 2.43 bits per heavy atom. The van der Waals surface area contributed by atoms with Crippen molar-refractivity contribution >= 4 is 11.5 Å². The lowest BCUT2D eigenvalue weighted by atomic mass is 9.83. The first kappa shape index (κ1) is 13.7. The molecule has 0 amide bonds. The van der Waals surface area contributed by atoms with Gasteiger partial charge in [-0.3, -0.25) is 9.79 Å². The molecule has 0 spiro atoms. The number of fused-ring (bicyclic) bond motifs is 3. The summed E-state index contributed by atoms with van der Waals surface area (Å²) in [6.45, 7) is 1.73. The van der Waals surface area contributed by atoms with Gasteiger partial charge in [0.15, 0.2) is 11.5 Å². The van der Waals surface area contributed by atoms with Crippen LogP contribution in [0.1, 0.15) is 6.92 Å². The Hall–Kier alpha value is -2.30. The van der Waals surface area contributed by atoms with Crippen molar-refractivity contribution in [3.05, 3.63) is 46.7 Å². The first-order valence-electron chi connectivity index (χ1n) is 6.72. The van der Waals surface area contributed by atoms with Crippen LogP contribution in [0.5, 0.6) is 0 Å². The van der Waals surface area contributed by atoms with Gasteiger partial charge in [-0.15, -0.1) is 0 Å². The van der Waals surface area contributed by atoms with Crippen molar-refractivity contribution in [3.63, 3.8) is 0 Å². The van der Waals surface area contributed by atoms with Crippen molar-refractivity contribution in [3.8, 4) is 0 Å². The maximum Gasteiger partial charge on any atom is 0.227 e. The summed E-state index contributed by atoms with van der Waals surface area (Å²) in [5.74, 6) is 1.50. The molecule has 0 fully saturated rings. The molecule has 110 valence electrons. The Morgan fingerprint density at radius 2 is 1.81 bits per heavy atom. The van der Waals surface area contributed by atoms with Gasteiger partial charge in [-0.25, -0.2) is 0 Å². The third-order valence-electron chi connectivity index (χ3n) is 4.03. The maximum absolute atomic E-state index is 12.4. The molecule has 0 saturated heterocycles. The fourth-order valence-corrected chi connectivity index (χ4v) is 3.00. The van der Waals surface area contributed by atoms with E-state index in [2.05, 4.69) is 0 Å². The molecular formula is C16H17NO4. The van der Waals surface area contributed by atoms with Gasteiger partial charge in [0.1, 0.15) is 11.5 Å². The van der Waals surface area contributed by atoms with Crippen molar-refractivity contribution in [2.75, 3.05) is 21.3 Å². The van der Waals surface area contributed by atoms with Gasteiger partial charge in [-0.2, -0.15) is 0 Å². The van der Waals surface area contributed by atoms with Crippen LogP contribution in [-0.2, 0) is 19.0 Å². The molecule has 0 bridgehead atoms. The van der Waals surface area contributed by atoms with Gasteiger partial charge in [-0.1, -0.05) is 6.08 Å². The number of nitrogens with zero attached hydrogens (tertiary/aromatic N) is 1. The van der Waals surface area contributed by atoms with Crippen LogP contribution in [0.4, 0.5) is 0 Å². The van der Waals surface area contributed by atoms with Crippen LogP contribution in [0.25, 0.3) is 0 Å². The lowest BCUT2D eigenvalue weighted by molar-refractivity contribution is -0.115. The minimum absolute atomic E-state index is 0.0175. The van der Waals surface area contributed by atoms with E-state index in [4.69, 9.17) is 19.2 Å². The van der Waals surface area contributed by atoms with Gasteiger partial charge in [0, 0.05) is 17.1 Å². The number of ether oxygens (including phenoxy) is 3. The Bertz CT molecular complexity index is 664. The van der Waals surface area contributed by atoms with Gasteiger partial charge in [0.2, 0.25) is 5.78 Å². The number of aliphatic imine (C=N–C) groups is 1. The fraction of sp³-hybridized carbons (Fsp3) is 0.375. The second-order valence-corrected chi connectivity index (χ2v) is 5.06. The highest BCUT2D eigenvalue weighted by Gasteiger charge is 2.43. The summed E-state index contributed by atoms with van der Waals surface area (Å²) < 4.78 is 16.0. The Morgan fingerprint density at radius 1 is 1.10 bits per heavy atom. The molecule has 2 atom stereocenters. The van der Waals surface area contributed by atoms with Crippen LogP contribution in [0, 0.1) is 5.92 Å². The zero-order chi connectivity index (χ0) is 15.1. The molecule has 3 aliphatic rings. The minimum Gasteiger partial charge on any atom is -0.497 e. The van der Waals surface area contributed by atoms with Crippen LogP contribution >= 0.6 is 0 Å². The second kappa shape index (κ2) is 4.91. The van der Waals surface area contributed by atoms with E-state index < -0.39 is 0 Å². The third kappa shape index (κ3) is 1.84. The van der Waals surface area contributed by atoms with Crippen molar-refractivity contribution in [1.29, 1.82) is 0 Å². The van der Waals surface area contributed by atoms with Gasteiger partial charge in [0.05, 0.1) is 27.4 Å². The minimum atomic E-state index is -0.140. The summed E-state index contributed by atoms with van der Waals surface area (Å²) >= 11 is 0. The first-order valence-corrected chi connectivity index (χ1v) is 6.72. The summed E-state index contributed by atoms with van der Waals surface area (Å²) in [6.07, 6.45) is 5.83. The Labute approximate surface area is 123 Å². The first-order chi connectivity index (χ1) is 10.1. The van der Waals surface area contributed by atoms with Gasteiger partial charge in [-0.05, 0) is 19.1 Å². The number of carbonyl (C=O) groups is 1. The molecule has 1 aliphatic heterocycles. The van der Waals surface area contributed by atoms with Gasteiger partial charge >= 0.3 is 0 Å². The zero-order valence-corrected chi connectivity index (χ0v) is 12.5. The van der Waals surface area contributed by atoms with Crippen molar-refractivity contribution in [2.45, 2.75) is 13.0 Å². The highest BCUT2D eigenvalue weighted by molar-refractivity contribution is 6.26. The van der Waals surface area contributed by atoms with E-state index in [1.807, 2.05) is 18.2 Å². The Kier molecular flexibility index (Phi) is 3.20. The molecule has 0 aromatic carbocycles. The molecule has 2 aliphatic carbocycles. The molecule has 5 nitrogen and oxygen atoms in total. The number of carbonyl (C=O) groups excluding carboxylic acids is 1. The second-order valence-electron chi connectivity index (χ2n) is 5.06. The molecule has 0 unspecified atom stereocenters. The lowest BCUT2D eigenvalue weighted by Gasteiger charge is -2.23. The average Bonchev–Trinajstić information content (AvgIpc) is 2.86. The number of ketones is 1. The van der Waals surface area contributed by atoms with Crippen LogP contribution in [-0.4, -0.2) is 38.9 Å². The van der Waals surface area contributed by atoms with E-state index in [1.54, 1.807) is 21.1 Å². The molecule has 0 aromatic rings. The summed E-state index contributed by atoms with van der Waals surface area (Å²) in [4.78, 5) is 17.1. The van der Waals surface area contributed by atoms with E-state index >= 15 is 0 Å². The standard InChI is InChI=1S/C16H17NO4/c1-8-14(18)16(21-4)12-10-6-5-9(19-2)7-11(10)17-13(12)15(8)20-3/h5-7,10-11H,1-4H3/t10-,11+/m1/s1. The van der Waals surface area contributed by atoms with Crippen molar-refractivity contribution < 1.29 is 19.0 Å². The van der Waals surface area contributed by atoms with E-state index in [0.29, 0.717) is 22.8 Å². The van der Waals surface area contributed by atoms with Crippen LogP contribution in [0.15, 0.2) is 51.6 Å². The molecule has 0 radical (unpaired) electrons. The smallest absolute Gasteiger partial charge is 0.227 e. The van der Waals surface area contributed by atoms with E-state index in [-0.39, 0.29) is 17.7 Å². The molecule has 5 heteroatoms. The molecule has 1 heterocycles. The number of hydrogen-bond acceptors (Lipinski definition) is 5. The van der Waals surface area contributed by atoms with Crippen molar-refractivity contribution in [1.82, 2.24) is 0 Å². The quantitative estimate of drug-likeness (QED) is 0.744. The average molecular weight is 287 g/mol. The molecule has 0 aromatic heterocycles. The molecule has 0 N–H and O–H groups in total.